The van der Waals surface area contributed by atoms with Gasteiger partial charge in [0.15, 0.2) is 0 Å². The molecule has 0 saturated heterocycles. The maximum absolute atomic E-state index is 14.0. The molecule has 0 aromatic heterocycles. The van der Waals surface area contributed by atoms with Crippen LogP contribution in [-0.4, -0.2) is 32.0 Å². The van der Waals surface area contributed by atoms with E-state index in [9.17, 15) is 9.36 Å². The largest absolute Gasteiger partial charge is 0.335 e. The highest BCUT2D eigenvalue weighted by Crippen LogP contribution is 2.54. The summed E-state index contributed by atoms with van der Waals surface area (Å²) in [4.78, 5) is 14.0. The minimum Gasteiger partial charge on any atom is -0.329 e. The van der Waals surface area contributed by atoms with E-state index in [-0.39, 0.29) is 24.9 Å². The monoisotopic (exact) mass is 552 g/mol. The minimum absolute atomic E-state index is 0.0807. The number of carbonyl (C=O) groups excluding carboxylic acids is 1. The van der Waals surface area contributed by atoms with Crippen molar-refractivity contribution in [1.82, 2.24) is 0 Å². The van der Waals surface area contributed by atoms with Crippen LogP contribution in [0.25, 0.3) is 32.7 Å². The van der Waals surface area contributed by atoms with Gasteiger partial charge in [-0.05, 0) is 66.4 Å². The first kappa shape index (κ1) is 28.6. The molecule has 0 saturated carbocycles. The van der Waals surface area contributed by atoms with Gasteiger partial charge in [0, 0.05) is 11.1 Å². The molecule has 8 heteroatoms. The number of hydrogen-bond donors (Lipinski definition) is 0. The van der Waals surface area contributed by atoms with Crippen molar-refractivity contribution in [3.8, 4) is 11.1 Å². The summed E-state index contributed by atoms with van der Waals surface area (Å²) in [5.74, 6) is 0. The zero-order valence-electron chi connectivity index (χ0n) is 22.3. The van der Waals surface area contributed by atoms with E-state index in [2.05, 4.69) is 0 Å². The second kappa shape index (κ2) is 13.1. The molecule has 0 N–H and O–H groups in total. The zero-order chi connectivity index (χ0) is 27.1. The Labute approximate surface area is 225 Å². The molecule has 4 rings (SSSR count). The maximum atomic E-state index is 14.0. The quantitative estimate of drug-likeness (QED) is 0.154. The Morgan fingerprint density at radius 3 is 1.76 bits per heavy atom. The van der Waals surface area contributed by atoms with E-state index in [0.717, 1.165) is 38.2 Å². The first-order chi connectivity index (χ1) is 18.5. The molecule has 0 radical (unpaired) electrons. The fraction of sp³-hybridized carbons (Fsp3) is 0.300. The van der Waals surface area contributed by atoms with Gasteiger partial charge < -0.3 is 18.1 Å². The second-order valence-corrected chi connectivity index (χ2v) is 12.0. The smallest absolute Gasteiger partial charge is 0.329 e. The van der Waals surface area contributed by atoms with Gasteiger partial charge >= 0.3 is 7.60 Å². The summed E-state index contributed by atoms with van der Waals surface area (Å²) in [5, 5.41) is 3.87. The third-order valence-electron chi connectivity index (χ3n) is 6.10. The lowest BCUT2D eigenvalue weighted by Gasteiger charge is -2.23. The Hall–Kier alpha value is -2.43. The predicted octanol–water partition coefficient (Wildman–Crippen LogP) is 8.95. The topological polar surface area (TPSA) is 71.1 Å². The molecular formula is C30H34O6P2. The van der Waals surface area contributed by atoms with E-state index in [1.165, 1.54) is 0 Å². The van der Waals surface area contributed by atoms with Gasteiger partial charge in [0.2, 0.25) is 13.9 Å². The van der Waals surface area contributed by atoms with Gasteiger partial charge in [-0.15, -0.1) is 0 Å². The van der Waals surface area contributed by atoms with Crippen molar-refractivity contribution in [2.75, 3.05) is 26.4 Å². The summed E-state index contributed by atoms with van der Waals surface area (Å²) in [5.41, 5.74) is 2.71. The van der Waals surface area contributed by atoms with Gasteiger partial charge in [-0.3, -0.25) is 9.36 Å². The molecule has 0 aliphatic heterocycles. The zero-order valence-corrected chi connectivity index (χ0v) is 24.1. The van der Waals surface area contributed by atoms with E-state index in [0.29, 0.717) is 18.8 Å². The Morgan fingerprint density at radius 1 is 0.684 bits per heavy atom. The molecule has 0 bridgehead atoms. The fourth-order valence-corrected chi connectivity index (χ4v) is 7.57. The average Bonchev–Trinajstić information content (AvgIpc) is 2.92. The lowest BCUT2D eigenvalue weighted by molar-refractivity contribution is 0.104. The Morgan fingerprint density at radius 2 is 1.21 bits per heavy atom. The standard InChI is InChI=1S/C30H34O6P2/c1-5-33-37(34-6-2)30(31)27-20-19-23-14-10-12-16-26(23)29(27)28-24(21-38(32,35-7-3)36-8-4)18-17-22-13-9-11-15-25(22)28/h9-20H,5-8,21H2,1-4H3. The number of benzene rings is 4. The summed E-state index contributed by atoms with van der Waals surface area (Å²) < 4.78 is 36.6. The van der Waals surface area contributed by atoms with E-state index in [1.807, 2.05) is 86.6 Å². The van der Waals surface area contributed by atoms with Gasteiger partial charge in [-0.25, -0.2) is 0 Å². The van der Waals surface area contributed by atoms with Gasteiger partial charge in [-0.2, -0.15) is 0 Å². The molecular weight excluding hydrogens is 518 g/mol. The molecule has 0 amide bonds. The highest BCUT2D eigenvalue weighted by Gasteiger charge is 2.31. The summed E-state index contributed by atoms with van der Waals surface area (Å²) in [6.07, 6.45) is 0.0807. The second-order valence-electron chi connectivity index (χ2n) is 8.53. The molecule has 0 aliphatic carbocycles. The molecule has 0 aliphatic rings. The van der Waals surface area contributed by atoms with Crippen LogP contribution >= 0.6 is 16.0 Å². The SMILES string of the molecule is CCOP(OCC)C(=O)c1ccc2ccccc2c1-c1c(CP(=O)(OCC)OCC)ccc2ccccc12. The van der Waals surface area contributed by atoms with Crippen molar-refractivity contribution in [2.45, 2.75) is 33.9 Å². The normalized spacial score (nSPS) is 12.0. The van der Waals surface area contributed by atoms with E-state index < -0.39 is 16.0 Å². The van der Waals surface area contributed by atoms with Crippen molar-refractivity contribution in [3.05, 3.63) is 83.9 Å². The summed E-state index contributed by atoms with van der Waals surface area (Å²) >= 11 is 0. The maximum Gasteiger partial charge on any atom is 0.335 e. The lowest BCUT2D eigenvalue weighted by atomic mass is 9.88. The first-order valence-corrected chi connectivity index (χ1v) is 15.9. The number of fused-ring (bicyclic) bond motifs is 2. The molecule has 0 atom stereocenters. The van der Waals surface area contributed by atoms with Crippen LogP contribution in [0.2, 0.25) is 0 Å². The van der Waals surface area contributed by atoms with E-state index in [4.69, 9.17) is 18.1 Å². The number of carbonyl (C=O) groups is 1. The van der Waals surface area contributed by atoms with Gasteiger partial charge in [-0.1, -0.05) is 66.7 Å². The highest BCUT2D eigenvalue weighted by molar-refractivity contribution is 7.67. The van der Waals surface area contributed by atoms with Crippen LogP contribution in [0, 0.1) is 0 Å². The number of hydrogen-bond acceptors (Lipinski definition) is 6. The van der Waals surface area contributed by atoms with Crippen LogP contribution in [0.4, 0.5) is 0 Å². The molecule has 6 nitrogen and oxygen atoms in total. The summed E-state index contributed by atoms with van der Waals surface area (Å²) in [7, 11) is -5.23. The van der Waals surface area contributed by atoms with Crippen LogP contribution in [0.3, 0.4) is 0 Å². The first-order valence-electron chi connectivity index (χ1n) is 13.0. The van der Waals surface area contributed by atoms with Crippen LogP contribution in [0.15, 0.2) is 72.8 Å². The molecule has 0 fully saturated rings. The van der Waals surface area contributed by atoms with Crippen LogP contribution in [0.5, 0.6) is 0 Å². The molecule has 4 aromatic rings. The Bertz CT molecular complexity index is 1450. The molecule has 4 aromatic carbocycles. The average molecular weight is 553 g/mol. The molecule has 0 spiro atoms. The Kier molecular flexibility index (Phi) is 9.84. The van der Waals surface area contributed by atoms with Crippen molar-refractivity contribution in [3.63, 3.8) is 0 Å². The van der Waals surface area contributed by atoms with Crippen molar-refractivity contribution < 1.29 is 27.5 Å². The van der Waals surface area contributed by atoms with Gasteiger partial charge in [0.1, 0.15) is 0 Å². The summed E-state index contributed by atoms with van der Waals surface area (Å²) in [6.45, 7) is 8.58. The minimum atomic E-state index is -3.44. The van der Waals surface area contributed by atoms with Gasteiger partial charge in [0.25, 0.3) is 0 Å². The van der Waals surface area contributed by atoms with Crippen molar-refractivity contribution in [1.29, 1.82) is 0 Å². The fourth-order valence-electron chi connectivity index (χ4n) is 4.68. The van der Waals surface area contributed by atoms with Crippen LogP contribution in [-0.2, 0) is 28.8 Å². The molecule has 0 unspecified atom stereocenters. The van der Waals surface area contributed by atoms with E-state index >= 15 is 0 Å². The Balaban J connectivity index is 2.06. The van der Waals surface area contributed by atoms with Gasteiger partial charge in [0.05, 0.1) is 32.6 Å². The van der Waals surface area contributed by atoms with Crippen LogP contribution in [0.1, 0.15) is 43.6 Å². The third-order valence-corrected chi connectivity index (χ3v) is 9.69. The van der Waals surface area contributed by atoms with E-state index in [1.54, 1.807) is 13.8 Å². The van der Waals surface area contributed by atoms with Crippen LogP contribution < -0.4 is 0 Å². The van der Waals surface area contributed by atoms with Crippen molar-refractivity contribution >= 4 is 43.0 Å². The highest BCUT2D eigenvalue weighted by atomic mass is 31.2. The lowest BCUT2D eigenvalue weighted by Crippen LogP contribution is -2.07. The summed E-state index contributed by atoms with van der Waals surface area (Å²) in [6, 6.07) is 23.8. The third kappa shape index (κ3) is 6.07. The van der Waals surface area contributed by atoms with Crippen molar-refractivity contribution in [2.24, 2.45) is 0 Å². The molecule has 38 heavy (non-hydrogen) atoms. The molecule has 200 valence electrons. The number of rotatable bonds is 13. The predicted molar refractivity (Wildman–Crippen MR) is 156 cm³/mol. The molecule has 0 heterocycles.